The molecular formula is C22H22N6OS2. The van der Waals surface area contributed by atoms with Crippen molar-refractivity contribution in [1.29, 1.82) is 0 Å². The minimum atomic E-state index is -0.201. The summed E-state index contributed by atoms with van der Waals surface area (Å²) in [7, 11) is 0. The van der Waals surface area contributed by atoms with Crippen LogP contribution in [-0.4, -0.2) is 30.9 Å². The number of fused-ring (bicyclic) bond motifs is 1. The molecule has 7 nitrogen and oxygen atoms in total. The lowest BCUT2D eigenvalue weighted by Gasteiger charge is -2.09. The number of carbonyl (C=O) groups is 1. The Morgan fingerprint density at radius 1 is 1.26 bits per heavy atom. The van der Waals surface area contributed by atoms with Gasteiger partial charge in [-0.05, 0) is 38.3 Å². The second kappa shape index (κ2) is 8.39. The number of hydrogen-bond acceptors (Lipinski definition) is 7. The predicted octanol–water partition coefficient (Wildman–Crippen LogP) is 5.29. The average Bonchev–Trinajstić information content (AvgIpc) is 3.38. The van der Waals surface area contributed by atoms with E-state index in [1.165, 1.54) is 16.9 Å². The van der Waals surface area contributed by atoms with Gasteiger partial charge in [-0.2, -0.15) is 5.10 Å². The van der Waals surface area contributed by atoms with E-state index >= 15 is 0 Å². The van der Waals surface area contributed by atoms with E-state index in [1.807, 2.05) is 28.9 Å². The normalized spacial score (nSPS) is 13.8. The van der Waals surface area contributed by atoms with Gasteiger partial charge in [-0.1, -0.05) is 53.4 Å². The van der Waals surface area contributed by atoms with Gasteiger partial charge < -0.3 is 0 Å². The van der Waals surface area contributed by atoms with Crippen LogP contribution in [0.15, 0.2) is 46.9 Å². The zero-order valence-corrected chi connectivity index (χ0v) is 18.9. The molecular weight excluding hydrogens is 428 g/mol. The number of amides is 1. The molecule has 31 heavy (non-hydrogen) atoms. The third-order valence-corrected chi connectivity index (χ3v) is 7.19. The Morgan fingerprint density at radius 2 is 2.06 bits per heavy atom. The van der Waals surface area contributed by atoms with Crippen LogP contribution in [0.1, 0.15) is 60.3 Å². The van der Waals surface area contributed by atoms with Gasteiger partial charge in [-0.25, -0.2) is 9.67 Å². The summed E-state index contributed by atoms with van der Waals surface area (Å²) in [4.78, 5) is 18.0. The van der Waals surface area contributed by atoms with E-state index in [4.69, 9.17) is 4.98 Å². The van der Waals surface area contributed by atoms with Gasteiger partial charge in [0.15, 0.2) is 9.99 Å². The summed E-state index contributed by atoms with van der Waals surface area (Å²) in [5, 5.41) is 17.0. The van der Waals surface area contributed by atoms with E-state index in [2.05, 4.69) is 46.6 Å². The fourth-order valence-corrected chi connectivity index (χ4v) is 5.10. The average molecular weight is 451 g/mol. The quantitative estimate of drug-likeness (QED) is 0.304. The Bertz CT molecular complexity index is 1230. The molecule has 9 heteroatoms. The number of benzene rings is 1. The van der Waals surface area contributed by atoms with Gasteiger partial charge in [-0.15, -0.1) is 10.2 Å². The highest BCUT2D eigenvalue weighted by Crippen LogP contribution is 2.40. The number of aromatic nitrogens is 5. The Balaban J connectivity index is 1.36. The van der Waals surface area contributed by atoms with Gasteiger partial charge in [0.25, 0.3) is 5.91 Å². The molecule has 0 bridgehead atoms. The van der Waals surface area contributed by atoms with Gasteiger partial charge >= 0.3 is 0 Å². The number of rotatable bonds is 7. The minimum absolute atomic E-state index is 0.169. The fraction of sp³-hybridized carbons (Fsp3) is 0.318. The van der Waals surface area contributed by atoms with Crippen LogP contribution in [0.5, 0.6) is 0 Å². The zero-order valence-electron chi connectivity index (χ0n) is 17.3. The second-order valence-electron chi connectivity index (χ2n) is 7.89. The molecule has 158 valence electrons. The number of thioether (sulfide) groups is 1. The summed E-state index contributed by atoms with van der Waals surface area (Å²) in [6, 6.07) is 12.3. The highest BCUT2D eigenvalue weighted by atomic mass is 32.2. The molecule has 1 aliphatic carbocycles. The van der Waals surface area contributed by atoms with Crippen molar-refractivity contribution >= 4 is 45.2 Å². The van der Waals surface area contributed by atoms with Crippen molar-refractivity contribution in [2.24, 2.45) is 0 Å². The summed E-state index contributed by atoms with van der Waals surface area (Å²) >= 11 is 3.00. The lowest BCUT2D eigenvalue weighted by molar-refractivity contribution is 0.102. The van der Waals surface area contributed by atoms with Gasteiger partial charge in [-0.3, -0.25) is 10.1 Å². The molecule has 1 aliphatic rings. The molecule has 0 saturated heterocycles. The van der Waals surface area contributed by atoms with Crippen LogP contribution in [0.25, 0.3) is 11.0 Å². The molecule has 1 aromatic carbocycles. The summed E-state index contributed by atoms with van der Waals surface area (Å²) in [6.07, 6.45) is 3.97. The van der Waals surface area contributed by atoms with Gasteiger partial charge in [0, 0.05) is 23.4 Å². The van der Waals surface area contributed by atoms with Crippen LogP contribution in [0.3, 0.4) is 0 Å². The summed E-state index contributed by atoms with van der Waals surface area (Å²) in [6.45, 7) is 4.13. The number of carbonyl (C=O) groups excluding carboxylic acids is 1. The van der Waals surface area contributed by atoms with Crippen molar-refractivity contribution in [3.8, 4) is 0 Å². The second-order valence-corrected chi connectivity index (χ2v) is 10.1. The zero-order chi connectivity index (χ0) is 21.4. The Hall–Kier alpha value is -2.78. The molecule has 0 atom stereocenters. The predicted molar refractivity (Wildman–Crippen MR) is 124 cm³/mol. The topological polar surface area (TPSA) is 85.6 Å². The molecule has 0 aliphatic heterocycles. The molecule has 5 rings (SSSR count). The first-order chi connectivity index (χ1) is 15.1. The maximum absolute atomic E-state index is 13.1. The van der Waals surface area contributed by atoms with Crippen LogP contribution < -0.4 is 5.32 Å². The molecule has 0 unspecified atom stereocenters. The van der Waals surface area contributed by atoms with Crippen LogP contribution in [0.4, 0.5) is 5.13 Å². The number of hydrogen-bond donors (Lipinski definition) is 1. The van der Waals surface area contributed by atoms with Gasteiger partial charge in [0.1, 0.15) is 0 Å². The number of anilines is 1. The van der Waals surface area contributed by atoms with Crippen molar-refractivity contribution in [2.75, 3.05) is 5.32 Å². The Morgan fingerprint density at radius 3 is 2.81 bits per heavy atom. The third kappa shape index (κ3) is 4.33. The van der Waals surface area contributed by atoms with E-state index in [1.54, 1.807) is 18.0 Å². The number of nitrogens with one attached hydrogen (secondary N) is 1. The minimum Gasteiger partial charge on any atom is -0.296 e. The lowest BCUT2D eigenvalue weighted by atomic mass is 10.1. The fourth-order valence-electron chi connectivity index (χ4n) is 3.39. The standard InChI is InChI=1S/C22H22N6OS2/c1-13(2)28-19-17(11-23-28)16(10-18(24-19)15-8-9-15)20(29)25-21-26-27-22(31-21)30-12-14-6-4-3-5-7-14/h3-7,10-11,13,15H,8-9,12H2,1-2H3,(H,25,26,29). The van der Waals surface area contributed by atoms with Crippen molar-refractivity contribution < 1.29 is 4.79 Å². The van der Waals surface area contributed by atoms with Gasteiger partial charge in [0.2, 0.25) is 5.13 Å². The largest absolute Gasteiger partial charge is 0.296 e. The first kappa shape index (κ1) is 20.1. The molecule has 1 N–H and O–H groups in total. The SMILES string of the molecule is CC(C)n1ncc2c(C(=O)Nc3nnc(SCc4ccccc4)s3)cc(C3CC3)nc21. The first-order valence-corrected chi connectivity index (χ1v) is 12.1. The van der Waals surface area contributed by atoms with Gasteiger partial charge in [0.05, 0.1) is 17.1 Å². The van der Waals surface area contributed by atoms with E-state index in [9.17, 15) is 4.79 Å². The molecule has 1 fully saturated rings. The lowest BCUT2D eigenvalue weighted by Crippen LogP contribution is -2.13. The molecule has 0 radical (unpaired) electrons. The molecule has 3 heterocycles. The van der Waals surface area contributed by atoms with Crippen LogP contribution in [0.2, 0.25) is 0 Å². The van der Waals surface area contributed by atoms with E-state index in [0.29, 0.717) is 16.6 Å². The highest BCUT2D eigenvalue weighted by Gasteiger charge is 2.28. The first-order valence-electron chi connectivity index (χ1n) is 10.3. The monoisotopic (exact) mass is 450 g/mol. The van der Waals surface area contributed by atoms with Crippen molar-refractivity contribution in [2.45, 2.75) is 48.7 Å². The smallest absolute Gasteiger partial charge is 0.258 e. The number of pyridine rings is 1. The molecule has 1 amide bonds. The summed E-state index contributed by atoms with van der Waals surface area (Å²) in [5.74, 6) is 1.05. The summed E-state index contributed by atoms with van der Waals surface area (Å²) in [5.41, 5.74) is 3.55. The van der Waals surface area contributed by atoms with Crippen LogP contribution >= 0.6 is 23.1 Å². The Kier molecular flexibility index (Phi) is 5.45. The van der Waals surface area contributed by atoms with Crippen molar-refractivity contribution in [1.82, 2.24) is 25.0 Å². The summed E-state index contributed by atoms with van der Waals surface area (Å²) < 4.78 is 2.70. The van der Waals surface area contributed by atoms with E-state index in [0.717, 1.165) is 39.7 Å². The molecule has 4 aromatic rings. The van der Waals surface area contributed by atoms with E-state index in [-0.39, 0.29) is 11.9 Å². The molecule has 3 aromatic heterocycles. The van der Waals surface area contributed by atoms with Crippen molar-refractivity contribution in [3.63, 3.8) is 0 Å². The van der Waals surface area contributed by atoms with Crippen LogP contribution in [0, 0.1) is 0 Å². The molecule has 1 saturated carbocycles. The van der Waals surface area contributed by atoms with Crippen molar-refractivity contribution in [3.05, 3.63) is 59.4 Å². The maximum Gasteiger partial charge on any atom is 0.258 e. The maximum atomic E-state index is 13.1. The van der Waals surface area contributed by atoms with Crippen LogP contribution in [-0.2, 0) is 5.75 Å². The third-order valence-electron chi connectivity index (χ3n) is 5.15. The Labute approximate surface area is 188 Å². The molecule has 0 spiro atoms. The highest BCUT2D eigenvalue weighted by molar-refractivity contribution is 8.00. The number of nitrogens with zero attached hydrogens (tertiary/aromatic N) is 5. The van der Waals surface area contributed by atoms with E-state index < -0.39 is 0 Å².